The van der Waals surface area contributed by atoms with Gasteiger partial charge in [0.05, 0.1) is 23.6 Å². The van der Waals surface area contributed by atoms with Gasteiger partial charge in [-0.25, -0.2) is 0 Å². The van der Waals surface area contributed by atoms with E-state index in [1.807, 2.05) is 13.0 Å². The largest absolute Gasteiger partial charge is 0.341 e. The molecule has 1 aromatic rings. The summed E-state index contributed by atoms with van der Waals surface area (Å²) in [5.41, 5.74) is 0.982. The summed E-state index contributed by atoms with van der Waals surface area (Å²) in [7, 11) is 1.60. The number of imide groups is 1. The molecule has 3 amide bonds. The number of carbonyl (C=O) groups excluding carboxylic acids is 3. The average molecular weight is 313 g/mol. The van der Waals surface area contributed by atoms with E-state index >= 15 is 0 Å². The first-order valence-electron chi connectivity index (χ1n) is 7.64. The Morgan fingerprint density at radius 2 is 1.96 bits per heavy atom. The zero-order valence-electron chi connectivity index (χ0n) is 13.3. The lowest BCUT2D eigenvalue weighted by Crippen LogP contribution is -2.30. The molecule has 0 aliphatic carbocycles. The smallest absolute Gasteiger partial charge is 0.261 e. The topological polar surface area (TPSA) is 81.5 Å². The van der Waals surface area contributed by atoms with Gasteiger partial charge in [-0.1, -0.05) is 13.3 Å². The Morgan fingerprint density at radius 1 is 1.26 bits per heavy atom. The fourth-order valence-electron chi connectivity index (χ4n) is 2.48. The molecule has 0 spiro atoms. The molecule has 120 valence electrons. The predicted molar refractivity (Wildman–Crippen MR) is 83.9 cm³/mol. The molecule has 1 heterocycles. The molecule has 0 aromatic heterocycles. The molecular weight excluding hydrogens is 294 g/mol. The first kappa shape index (κ1) is 16.7. The van der Waals surface area contributed by atoms with Crippen molar-refractivity contribution < 1.29 is 14.4 Å². The SMILES string of the molecule is CCCCN1C(=O)c2ccc(C(=O)N(C)CCC#N)cc2C1=O. The van der Waals surface area contributed by atoms with Crippen LogP contribution >= 0.6 is 0 Å². The Labute approximate surface area is 135 Å². The molecule has 0 fully saturated rings. The fourth-order valence-corrected chi connectivity index (χ4v) is 2.48. The van der Waals surface area contributed by atoms with Crippen LogP contribution < -0.4 is 0 Å². The summed E-state index contributed by atoms with van der Waals surface area (Å²) < 4.78 is 0. The van der Waals surface area contributed by atoms with Gasteiger partial charge >= 0.3 is 0 Å². The second-order valence-corrected chi connectivity index (χ2v) is 5.51. The number of amides is 3. The Morgan fingerprint density at radius 3 is 2.61 bits per heavy atom. The summed E-state index contributed by atoms with van der Waals surface area (Å²) >= 11 is 0. The van der Waals surface area contributed by atoms with Crippen molar-refractivity contribution in [1.82, 2.24) is 9.80 Å². The Hall–Kier alpha value is -2.68. The zero-order chi connectivity index (χ0) is 17.0. The van der Waals surface area contributed by atoms with Crippen LogP contribution in [0.2, 0.25) is 0 Å². The van der Waals surface area contributed by atoms with E-state index in [0.29, 0.717) is 24.2 Å². The molecule has 0 unspecified atom stereocenters. The lowest BCUT2D eigenvalue weighted by Gasteiger charge is -2.15. The van der Waals surface area contributed by atoms with Gasteiger partial charge in [-0.3, -0.25) is 19.3 Å². The van der Waals surface area contributed by atoms with Gasteiger partial charge in [0, 0.05) is 25.7 Å². The lowest BCUT2D eigenvalue weighted by molar-refractivity contribution is 0.0652. The van der Waals surface area contributed by atoms with Gasteiger partial charge in [0.15, 0.2) is 0 Å². The number of nitrogens with zero attached hydrogens (tertiary/aromatic N) is 3. The van der Waals surface area contributed by atoms with Gasteiger partial charge in [0.1, 0.15) is 0 Å². The quantitative estimate of drug-likeness (QED) is 0.753. The first-order chi connectivity index (χ1) is 11.0. The second-order valence-electron chi connectivity index (χ2n) is 5.51. The zero-order valence-corrected chi connectivity index (χ0v) is 13.3. The van der Waals surface area contributed by atoms with Gasteiger partial charge in [0.2, 0.25) is 0 Å². The lowest BCUT2D eigenvalue weighted by atomic mass is 10.0. The Balaban J connectivity index is 2.23. The Kier molecular flexibility index (Phi) is 5.12. The van der Waals surface area contributed by atoms with Crippen LogP contribution in [-0.2, 0) is 0 Å². The van der Waals surface area contributed by atoms with Crippen molar-refractivity contribution in [3.63, 3.8) is 0 Å². The van der Waals surface area contributed by atoms with Gasteiger partial charge in [-0.15, -0.1) is 0 Å². The van der Waals surface area contributed by atoms with E-state index in [2.05, 4.69) is 0 Å². The van der Waals surface area contributed by atoms with E-state index in [1.165, 1.54) is 21.9 Å². The van der Waals surface area contributed by atoms with Gasteiger partial charge < -0.3 is 4.90 Å². The molecule has 2 rings (SSSR count). The molecule has 23 heavy (non-hydrogen) atoms. The van der Waals surface area contributed by atoms with Gasteiger partial charge in [0.25, 0.3) is 17.7 Å². The molecule has 6 heteroatoms. The number of unbranched alkanes of at least 4 members (excludes halogenated alkanes) is 1. The van der Waals surface area contributed by atoms with Crippen molar-refractivity contribution in [3.8, 4) is 6.07 Å². The predicted octanol–water partition coefficient (Wildman–Crippen LogP) is 2.07. The highest BCUT2D eigenvalue weighted by Crippen LogP contribution is 2.24. The van der Waals surface area contributed by atoms with Gasteiger partial charge in [-0.2, -0.15) is 5.26 Å². The molecule has 0 saturated carbocycles. The minimum atomic E-state index is -0.340. The third-order valence-corrected chi connectivity index (χ3v) is 3.86. The normalized spacial score (nSPS) is 13.0. The van der Waals surface area contributed by atoms with Crippen LogP contribution in [-0.4, -0.2) is 47.7 Å². The molecule has 1 aromatic carbocycles. The van der Waals surface area contributed by atoms with Crippen LogP contribution in [0.5, 0.6) is 0 Å². The molecule has 0 bridgehead atoms. The summed E-state index contributed by atoms with van der Waals surface area (Å²) in [5, 5.41) is 8.58. The summed E-state index contributed by atoms with van der Waals surface area (Å²) in [6.45, 7) is 2.71. The van der Waals surface area contributed by atoms with E-state index < -0.39 is 0 Å². The number of hydrogen-bond acceptors (Lipinski definition) is 4. The van der Waals surface area contributed by atoms with E-state index in [1.54, 1.807) is 13.1 Å². The summed E-state index contributed by atoms with van der Waals surface area (Å²) in [5.74, 6) is -0.904. The summed E-state index contributed by atoms with van der Waals surface area (Å²) in [4.78, 5) is 39.6. The molecule has 1 aliphatic heterocycles. The molecule has 0 saturated heterocycles. The molecule has 6 nitrogen and oxygen atoms in total. The number of hydrogen-bond donors (Lipinski definition) is 0. The standard InChI is InChI=1S/C17H19N3O3/c1-3-4-10-20-16(22)13-7-6-12(11-14(13)17(20)23)15(21)19(2)9-5-8-18/h6-7,11H,3-5,9-10H2,1-2H3. The van der Waals surface area contributed by atoms with Crippen LogP contribution in [0.3, 0.4) is 0 Å². The number of carbonyl (C=O) groups is 3. The maximum Gasteiger partial charge on any atom is 0.261 e. The third kappa shape index (κ3) is 3.24. The highest BCUT2D eigenvalue weighted by molar-refractivity contribution is 6.22. The average Bonchev–Trinajstić information content (AvgIpc) is 2.80. The van der Waals surface area contributed by atoms with Crippen molar-refractivity contribution >= 4 is 17.7 Å². The van der Waals surface area contributed by atoms with E-state index in [0.717, 1.165) is 12.8 Å². The Bertz CT molecular complexity index is 691. The van der Waals surface area contributed by atoms with Crippen molar-refractivity contribution in [2.75, 3.05) is 20.1 Å². The van der Waals surface area contributed by atoms with Crippen molar-refractivity contribution in [3.05, 3.63) is 34.9 Å². The van der Waals surface area contributed by atoms with E-state index in [-0.39, 0.29) is 29.7 Å². The van der Waals surface area contributed by atoms with E-state index in [4.69, 9.17) is 5.26 Å². The maximum atomic E-state index is 12.4. The maximum absolute atomic E-state index is 12.4. The molecule has 0 atom stereocenters. The molecular formula is C17H19N3O3. The van der Waals surface area contributed by atoms with Crippen molar-refractivity contribution in [2.24, 2.45) is 0 Å². The minimum Gasteiger partial charge on any atom is -0.341 e. The second kappa shape index (κ2) is 7.05. The summed E-state index contributed by atoms with van der Waals surface area (Å²) in [6.07, 6.45) is 1.89. The highest BCUT2D eigenvalue weighted by Gasteiger charge is 2.35. The molecule has 1 aliphatic rings. The summed E-state index contributed by atoms with van der Waals surface area (Å²) in [6, 6.07) is 6.55. The highest BCUT2D eigenvalue weighted by atomic mass is 16.2. The van der Waals surface area contributed by atoms with Crippen molar-refractivity contribution in [2.45, 2.75) is 26.2 Å². The third-order valence-electron chi connectivity index (χ3n) is 3.86. The van der Waals surface area contributed by atoms with Crippen LogP contribution in [0.25, 0.3) is 0 Å². The van der Waals surface area contributed by atoms with E-state index in [9.17, 15) is 14.4 Å². The van der Waals surface area contributed by atoms with Crippen LogP contribution in [0.1, 0.15) is 57.3 Å². The fraction of sp³-hybridized carbons (Fsp3) is 0.412. The van der Waals surface area contributed by atoms with Crippen LogP contribution in [0, 0.1) is 11.3 Å². The number of nitriles is 1. The number of benzene rings is 1. The molecule has 0 N–H and O–H groups in total. The monoisotopic (exact) mass is 313 g/mol. The minimum absolute atomic E-state index is 0.245. The number of rotatable bonds is 6. The van der Waals surface area contributed by atoms with Gasteiger partial charge in [-0.05, 0) is 24.6 Å². The van der Waals surface area contributed by atoms with Crippen LogP contribution in [0.15, 0.2) is 18.2 Å². The van der Waals surface area contributed by atoms with Crippen molar-refractivity contribution in [1.29, 1.82) is 5.26 Å². The molecule has 0 radical (unpaired) electrons. The number of fused-ring (bicyclic) bond motifs is 1. The van der Waals surface area contributed by atoms with Crippen LogP contribution in [0.4, 0.5) is 0 Å². The first-order valence-corrected chi connectivity index (χ1v) is 7.64.